The van der Waals surface area contributed by atoms with Gasteiger partial charge in [-0.15, -0.1) is 0 Å². The summed E-state index contributed by atoms with van der Waals surface area (Å²) >= 11 is 6.07. The van der Waals surface area contributed by atoms with Crippen molar-refractivity contribution in [1.82, 2.24) is 4.90 Å². The van der Waals surface area contributed by atoms with Crippen LogP contribution in [-0.4, -0.2) is 49.8 Å². The Labute approximate surface area is 158 Å². The third-order valence-electron chi connectivity index (χ3n) is 3.81. The lowest BCUT2D eigenvalue weighted by molar-refractivity contribution is -0.120. The van der Waals surface area contributed by atoms with Gasteiger partial charge in [-0.05, 0) is 51.8 Å². The molecule has 0 radical (unpaired) electrons. The van der Waals surface area contributed by atoms with E-state index in [0.717, 1.165) is 6.26 Å². The smallest absolute Gasteiger partial charge is 0.410 e. The molecule has 1 unspecified atom stereocenters. The number of amides is 2. The Hall–Kier alpha value is -1.80. The van der Waals surface area contributed by atoms with E-state index >= 15 is 0 Å². The Kier molecular flexibility index (Phi) is 5.87. The van der Waals surface area contributed by atoms with Crippen LogP contribution < -0.4 is 5.32 Å². The number of likely N-dealkylation sites (tertiary alicyclic amines) is 1. The van der Waals surface area contributed by atoms with Gasteiger partial charge in [0.15, 0.2) is 9.84 Å². The summed E-state index contributed by atoms with van der Waals surface area (Å²) in [4.78, 5) is 26.4. The van der Waals surface area contributed by atoms with E-state index in [1.54, 1.807) is 20.8 Å². The van der Waals surface area contributed by atoms with Crippen LogP contribution in [0.3, 0.4) is 0 Å². The molecule has 7 nitrogen and oxygen atoms in total. The monoisotopic (exact) mass is 402 g/mol. The van der Waals surface area contributed by atoms with E-state index in [0.29, 0.717) is 19.4 Å². The zero-order valence-electron chi connectivity index (χ0n) is 15.2. The molecule has 0 bridgehead atoms. The van der Waals surface area contributed by atoms with Gasteiger partial charge in [0, 0.05) is 12.8 Å². The van der Waals surface area contributed by atoms with E-state index in [2.05, 4.69) is 5.32 Å². The predicted octanol–water partition coefficient (Wildman–Crippen LogP) is 3.08. The lowest BCUT2D eigenvalue weighted by Gasteiger charge is -2.28. The van der Waals surface area contributed by atoms with E-state index in [-0.39, 0.29) is 15.6 Å². The summed E-state index contributed by atoms with van der Waals surface area (Å²) < 4.78 is 28.7. The predicted molar refractivity (Wildman–Crippen MR) is 99.2 cm³/mol. The minimum Gasteiger partial charge on any atom is -0.444 e. The first-order chi connectivity index (χ1) is 11.9. The van der Waals surface area contributed by atoms with Crippen molar-refractivity contribution in [3.63, 3.8) is 0 Å². The highest BCUT2D eigenvalue weighted by molar-refractivity contribution is 7.90. The average molecular weight is 403 g/mol. The first kappa shape index (κ1) is 20.5. The molecule has 0 saturated carbocycles. The molecule has 1 heterocycles. The van der Waals surface area contributed by atoms with Gasteiger partial charge >= 0.3 is 6.09 Å². The molecule has 1 N–H and O–H groups in total. The van der Waals surface area contributed by atoms with E-state index in [1.165, 1.54) is 23.1 Å². The van der Waals surface area contributed by atoms with Crippen LogP contribution in [0.5, 0.6) is 0 Å². The van der Waals surface area contributed by atoms with Gasteiger partial charge in [0.2, 0.25) is 5.91 Å². The van der Waals surface area contributed by atoms with Gasteiger partial charge in [0.25, 0.3) is 0 Å². The minimum absolute atomic E-state index is 0.0487. The number of rotatable bonds is 3. The molecule has 1 aliphatic heterocycles. The second kappa shape index (κ2) is 7.44. The molecule has 1 atom stereocenters. The maximum Gasteiger partial charge on any atom is 0.410 e. The molecule has 26 heavy (non-hydrogen) atoms. The van der Waals surface area contributed by atoms with Crippen molar-refractivity contribution in [2.45, 2.75) is 50.2 Å². The highest BCUT2D eigenvalue weighted by Gasteiger charge is 2.36. The van der Waals surface area contributed by atoms with Gasteiger partial charge < -0.3 is 10.1 Å². The molecule has 1 saturated heterocycles. The van der Waals surface area contributed by atoms with E-state index in [4.69, 9.17) is 16.3 Å². The molecule has 2 amide bonds. The van der Waals surface area contributed by atoms with E-state index in [1.807, 2.05) is 0 Å². The van der Waals surface area contributed by atoms with Gasteiger partial charge in [-0.25, -0.2) is 13.2 Å². The van der Waals surface area contributed by atoms with E-state index in [9.17, 15) is 18.0 Å². The van der Waals surface area contributed by atoms with E-state index < -0.39 is 33.5 Å². The number of carbonyl (C=O) groups excluding carboxylic acids is 2. The van der Waals surface area contributed by atoms with Crippen LogP contribution in [0.2, 0.25) is 5.02 Å². The molecule has 1 fully saturated rings. The standard InChI is InChI=1S/C17H23ClN2O5S/c1-17(2,3)25-16(22)20-9-5-6-14(20)15(21)19-13-10-11(26(4,23)24)7-8-12(13)18/h7-8,10,14H,5-6,9H2,1-4H3,(H,19,21). The average Bonchev–Trinajstić information content (AvgIpc) is 2.96. The largest absolute Gasteiger partial charge is 0.444 e. The van der Waals surface area contributed by atoms with Crippen molar-refractivity contribution in [3.8, 4) is 0 Å². The molecule has 0 aliphatic carbocycles. The lowest BCUT2D eigenvalue weighted by atomic mass is 10.2. The number of sulfone groups is 1. The number of nitrogens with zero attached hydrogens (tertiary/aromatic N) is 1. The molecule has 2 rings (SSSR count). The third-order valence-corrected chi connectivity index (χ3v) is 5.25. The van der Waals surface area contributed by atoms with Crippen LogP contribution in [0.1, 0.15) is 33.6 Å². The first-order valence-electron chi connectivity index (χ1n) is 8.18. The third kappa shape index (κ3) is 5.11. The molecule has 0 spiro atoms. The summed E-state index contributed by atoms with van der Waals surface area (Å²) in [6, 6.07) is 3.40. The zero-order valence-corrected chi connectivity index (χ0v) is 16.8. The van der Waals surface area contributed by atoms with Crippen LogP contribution in [0.4, 0.5) is 10.5 Å². The minimum atomic E-state index is -3.44. The van der Waals surface area contributed by atoms with Crippen molar-refractivity contribution in [2.75, 3.05) is 18.1 Å². The quantitative estimate of drug-likeness (QED) is 0.838. The molecular formula is C17H23ClN2O5S. The highest BCUT2D eigenvalue weighted by atomic mass is 35.5. The molecule has 9 heteroatoms. The fraction of sp³-hybridized carbons (Fsp3) is 0.529. The molecule has 0 aromatic heterocycles. The van der Waals surface area contributed by atoms with Crippen LogP contribution >= 0.6 is 11.6 Å². The highest BCUT2D eigenvalue weighted by Crippen LogP contribution is 2.27. The number of carbonyl (C=O) groups is 2. The topological polar surface area (TPSA) is 92.8 Å². The van der Waals surface area contributed by atoms with Crippen LogP contribution in [0.25, 0.3) is 0 Å². The van der Waals surface area contributed by atoms with Crippen molar-refractivity contribution in [2.24, 2.45) is 0 Å². The molecule has 144 valence electrons. The SMILES string of the molecule is CC(C)(C)OC(=O)N1CCCC1C(=O)Nc1cc(S(C)(=O)=O)ccc1Cl. The summed E-state index contributed by atoms with van der Waals surface area (Å²) in [7, 11) is -3.44. The number of hydrogen-bond acceptors (Lipinski definition) is 5. The van der Waals surface area contributed by atoms with Crippen LogP contribution in [0.15, 0.2) is 23.1 Å². The van der Waals surface area contributed by atoms with Gasteiger partial charge in [0.05, 0.1) is 15.6 Å². The first-order valence-corrected chi connectivity index (χ1v) is 10.5. The second-order valence-corrected chi connectivity index (χ2v) is 9.66. The van der Waals surface area contributed by atoms with Gasteiger partial charge in [-0.2, -0.15) is 0 Å². The fourth-order valence-corrected chi connectivity index (χ4v) is 3.44. The lowest BCUT2D eigenvalue weighted by Crippen LogP contribution is -2.45. The second-order valence-electron chi connectivity index (χ2n) is 7.23. The maximum absolute atomic E-state index is 12.6. The van der Waals surface area contributed by atoms with Crippen molar-refractivity contribution in [1.29, 1.82) is 0 Å². The number of nitrogens with one attached hydrogen (secondary N) is 1. The Bertz CT molecular complexity index is 817. The number of anilines is 1. The van der Waals surface area contributed by atoms with Crippen LogP contribution in [0, 0.1) is 0 Å². The number of hydrogen-bond donors (Lipinski definition) is 1. The summed E-state index contributed by atoms with van der Waals surface area (Å²) in [5.74, 6) is -0.430. The summed E-state index contributed by atoms with van der Waals surface area (Å²) in [5.41, 5.74) is -0.469. The molecule has 1 aromatic carbocycles. The van der Waals surface area contributed by atoms with Gasteiger partial charge in [-0.3, -0.25) is 9.69 Å². The number of ether oxygens (including phenoxy) is 1. The summed E-state index contributed by atoms with van der Waals surface area (Å²) in [6.45, 7) is 5.69. The van der Waals surface area contributed by atoms with Crippen LogP contribution in [-0.2, 0) is 19.4 Å². The number of benzene rings is 1. The normalized spacial score (nSPS) is 17.9. The summed E-state index contributed by atoms with van der Waals surface area (Å²) in [5, 5.41) is 2.84. The zero-order chi connectivity index (χ0) is 19.7. The molecule has 1 aromatic rings. The Morgan fingerprint density at radius 1 is 1.31 bits per heavy atom. The van der Waals surface area contributed by atoms with Gasteiger partial charge in [0.1, 0.15) is 11.6 Å². The van der Waals surface area contributed by atoms with Crippen molar-refractivity contribution >= 4 is 39.1 Å². The Morgan fingerprint density at radius 2 is 1.96 bits per heavy atom. The molecule has 1 aliphatic rings. The maximum atomic E-state index is 12.6. The molecular weight excluding hydrogens is 380 g/mol. The fourth-order valence-electron chi connectivity index (χ4n) is 2.63. The van der Waals surface area contributed by atoms with Crippen molar-refractivity contribution < 1.29 is 22.7 Å². The summed E-state index contributed by atoms with van der Waals surface area (Å²) in [6.07, 6.45) is 1.69. The van der Waals surface area contributed by atoms with Gasteiger partial charge in [-0.1, -0.05) is 11.6 Å². The number of halogens is 1. The van der Waals surface area contributed by atoms with Crippen molar-refractivity contribution in [3.05, 3.63) is 23.2 Å². The Morgan fingerprint density at radius 3 is 2.54 bits per heavy atom. The Balaban J connectivity index is 2.18.